The Balaban J connectivity index is 1.10. The molecule has 31 N–H and O–H groups in total. The topological polar surface area (TPSA) is 752 Å². The number of phenolic OH excluding ortho intramolecular Hbond substituents is 2. The van der Waals surface area contributed by atoms with Crippen LogP contribution in [0.3, 0.4) is 0 Å². The molecule has 2 heterocycles. The fourth-order valence-corrected chi connectivity index (χ4v) is 15.2. The number of hydrogen-bond acceptors (Lipinski definition) is 24. The first-order valence-corrected chi connectivity index (χ1v) is 45.1. The number of aliphatic hydroxyl groups excluding tert-OH is 1. The lowest BCUT2D eigenvalue weighted by atomic mass is 10.00. The second kappa shape index (κ2) is 55.0. The number of aliphatic imine (C=N–C) groups is 1. The molecule has 0 saturated carbocycles. The normalized spacial score (nSPS) is 15.1. The van der Waals surface area contributed by atoms with E-state index in [2.05, 4.69) is 79.1 Å². The highest BCUT2D eigenvalue weighted by Gasteiger charge is 2.43. The zero-order valence-corrected chi connectivity index (χ0v) is 77.0. The minimum Gasteiger partial charge on any atom is -0.508 e. The number of nitrogens with two attached hydrogens (primary N) is 6. The van der Waals surface area contributed by atoms with Crippen LogP contribution in [-0.4, -0.2) is 265 Å². The Morgan fingerprint density at radius 1 is 0.435 bits per heavy atom. The average Bonchev–Trinajstić information content (AvgIpc) is 1.57. The van der Waals surface area contributed by atoms with Gasteiger partial charge in [-0.2, -0.15) is 0 Å². The first-order chi connectivity index (χ1) is 65.6. The first-order valence-electron chi connectivity index (χ1n) is 45.1. The molecule has 45 nitrogen and oxygen atoms in total. The lowest BCUT2D eigenvalue weighted by Crippen LogP contribution is -2.62. The van der Waals surface area contributed by atoms with Crippen molar-refractivity contribution < 1.29 is 112 Å². The molecule has 1 aromatic heterocycles. The average molecular weight is 1920 g/mol. The van der Waals surface area contributed by atoms with Crippen molar-refractivity contribution in [2.24, 2.45) is 51.2 Å². The van der Waals surface area contributed by atoms with Crippen molar-refractivity contribution in [1.29, 1.82) is 0 Å². The molecule has 7 rings (SSSR count). The van der Waals surface area contributed by atoms with Crippen molar-refractivity contribution in [3.63, 3.8) is 0 Å². The van der Waals surface area contributed by atoms with Crippen molar-refractivity contribution in [3.8, 4) is 11.5 Å². The van der Waals surface area contributed by atoms with Crippen LogP contribution in [0, 0.1) is 11.8 Å². The summed E-state index contributed by atoms with van der Waals surface area (Å²) in [5.41, 5.74) is 36.6. The molecule has 0 radical (unpaired) electrons. The van der Waals surface area contributed by atoms with Gasteiger partial charge in [-0.05, 0) is 128 Å². The highest BCUT2D eigenvalue weighted by molar-refractivity contribution is 6.02. The number of aromatic amines is 1. The molecule has 0 spiro atoms. The number of likely N-dealkylation sites (tertiary alicyclic amines) is 1. The second-order valence-electron chi connectivity index (χ2n) is 34.4. The summed E-state index contributed by atoms with van der Waals surface area (Å²) in [4.78, 5) is 261. The van der Waals surface area contributed by atoms with Crippen molar-refractivity contribution in [2.45, 2.75) is 221 Å². The number of aliphatic carboxylic acids is 2. The predicted octanol–water partition coefficient (Wildman–Crippen LogP) is -4.08. The molecule has 0 aliphatic carbocycles. The molecule has 1 aliphatic heterocycles. The quantitative estimate of drug-likeness (QED) is 0.00981. The zero-order valence-electron chi connectivity index (χ0n) is 77.0. The number of carboxylic acid groups (broad SMARTS) is 2. The fraction of sp³-hybridized carbons (Fsp3) is 0.452. The fourth-order valence-electron chi connectivity index (χ4n) is 15.2. The Labute approximate surface area is 795 Å². The number of H-pyrrole nitrogens is 1. The number of nitrogens with one attached hydrogen (secondary N) is 14. The number of aromatic hydroxyl groups is 2. The van der Waals surface area contributed by atoms with Crippen LogP contribution in [0.1, 0.15) is 133 Å². The van der Waals surface area contributed by atoms with Crippen molar-refractivity contribution in [2.75, 3.05) is 32.8 Å². The van der Waals surface area contributed by atoms with Gasteiger partial charge in [-0.15, -0.1) is 0 Å². The molecule has 746 valence electrons. The Kier molecular flexibility index (Phi) is 43.8. The van der Waals surface area contributed by atoms with E-state index >= 15 is 19.2 Å². The molecular formula is C93H126N22O23. The Bertz CT molecular complexity index is 5240. The van der Waals surface area contributed by atoms with Crippen molar-refractivity contribution in [3.05, 3.63) is 167 Å². The highest BCUT2D eigenvalue weighted by Crippen LogP contribution is 2.25. The van der Waals surface area contributed by atoms with Gasteiger partial charge in [0.25, 0.3) is 0 Å². The number of hydrogen-bond donors (Lipinski definition) is 25. The molecule has 45 heteroatoms. The number of fused-ring (bicyclic) bond motifs is 1. The minimum atomic E-state index is -2.07. The summed E-state index contributed by atoms with van der Waals surface area (Å²) in [6.07, 6.45) is -1.87. The van der Waals surface area contributed by atoms with Crippen LogP contribution in [0.25, 0.3) is 10.9 Å². The van der Waals surface area contributed by atoms with Crippen molar-refractivity contribution >= 4 is 123 Å². The van der Waals surface area contributed by atoms with E-state index in [0.29, 0.717) is 52.5 Å². The molecule has 5 aromatic carbocycles. The lowest BCUT2D eigenvalue weighted by molar-refractivity contribution is -0.144. The summed E-state index contributed by atoms with van der Waals surface area (Å²) in [6, 6.07) is 11.0. The molecule has 0 bridgehead atoms. The molecule has 16 amide bonds. The van der Waals surface area contributed by atoms with Gasteiger partial charge in [0.05, 0.1) is 38.5 Å². The van der Waals surface area contributed by atoms with Crippen LogP contribution in [-0.2, 0) is 118 Å². The predicted molar refractivity (Wildman–Crippen MR) is 501 cm³/mol. The van der Waals surface area contributed by atoms with Gasteiger partial charge >= 0.3 is 11.9 Å². The smallest absolute Gasteiger partial charge is 0.326 e. The van der Waals surface area contributed by atoms with Gasteiger partial charge in [-0.3, -0.25) is 86.5 Å². The van der Waals surface area contributed by atoms with Crippen LogP contribution in [0.15, 0.2) is 145 Å². The third kappa shape index (κ3) is 36.6. The number of nitrogens with zero attached hydrogens (tertiary/aromatic N) is 2. The maximum Gasteiger partial charge on any atom is 0.326 e. The molecular weight excluding hydrogens is 1790 g/mol. The number of amides is 16. The number of carbonyl (C=O) groups is 18. The molecule has 1 saturated heterocycles. The molecule has 0 unspecified atom stereocenters. The van der Waals surface area contributed by atoms with E-state index in [4.69, 9.17) is 34.4 Å². The number of primary amides is 2. The summed E-state index contributed by atoms with van der Waals surface area (Å²) < 4.78 is 0. The molecule has 138 heavy (non-hydrogen) atoms. The molecule has 1 aliphatic rings. The van der Waals surface area contributed by atoms with Gasteiger partial charge in [0.2, 0.25) is 94.5 Å². The maximum absolute atomic E-state index is 15.2. The van der Waals surface area contributed by atoms with Crippen LogP contribution in [0.5, 0.6) is 11.5 Å². The summed E-state index contributed by atoms with van der Waals surface area (Å²) in [5, 5.41) is 84.1. The molecule has 14 atom stereocenters. The summed E-state index contributed by atoms with van der Waals surface area (Å²) in [7, 11) is 0. The van der Waals surface area contributed by atoms with E-state index in [-0.39, 0.29) is 112 Å². The monoisotopic (exact) mass is 1920 g/mol. The van der Waals surface area contributed by atoms with E-state index in [1.54, 1.807) is 113 Å². The molecule has 6 aromatic rings. The number of benzene rings is 5. The highest BCUT2D eigenvalue weighted by atomic mass is 16.4. The van der Waals surface area contributed by atoms with E-state index in [0.717, 1.165) is 0 Å². The van der Waals surface area contributed by atoms with Gasteiger partial charge in [-0.25, -0.2) is 4.79 Å². The van der Waals surface area contributed by atoms with Crippen molar-refractivity contribution in [1.82, 2.24) is 79.0 Å². The van der Waals surface area contributed by atoms with Crippen LogP contribution in [0.4, 0.5) is 0 Å². The Morgan fingerprint density at radius 3 is 1.35 bits per heavy atom. The lowest BCUT2D eigenvalue weighted by Gasteiger charge is -2.31. The van der Waals surface area contributed by atoms with Gasteiger partial charge < -0.3 is 139 Å². The van der Waals surface area contributed by atoms with Crippen LogP contribution >= 0.6 is 0 Å². The SMILES string of the molecule is CC(C)C[C@H](NC(=O)CNC(=O)[C@H](Cc1ccccc1)NC(=O)[C@H](CO)NC(=O)[C@H](CC(N)=O)NC(=O)[C@H](Cc1c[nH]c2ccccc12)NC(=O)[C@H](CC(N)=O)NC(=O)[C@H](Cc1ccc(O)cc1)NC(=O)[C@H](Cc1ccc(O)cc1)NC(=O)[C@@H]1CCCN1C(=O)[C@H](CC(C)C)NC(=O)[C@H](CC(=O)O)NC(=O)[C@@H](N)CCCCN)C(=O)N[C@@H](CCCN=C(N)N)C(=O)N[C@@H](Cc1ccccc1)C(=O)O. The number of carbonyl (C=O) groups excluding carboxylic acids is 16. The van der Waals surface area contributed by atoms with E-state index in [1.165, 1.54) is 59.6 Å². The van der Waals surface area contributed by atoms with Gasteiger partial charge in [-0.1, -0.05) is 137 Å². The second-order valence-corrected chi connectivity index (χ2v) is 34.4. The summed E-state index contributed by atoms with van der Waals surface area (Å²) in [6.45, 7) is 5.15. The maximum atomic E-state index is 15.2. The zero-order chi connectivity index (χ0) is 101. The number of aliphatic hydroxyl groups is 1. The number of rotatable bonds is 57. The summed E-state index contributed by atoms with van der Waals surface area (Å²) >= 11 is 0. The number of guanidine groups is 1. The number of carboxylic acids is 2. The number of para-hydroxylation sites is 1. The van der Waals surface area contributed by atoms with Gasteiger partial charge in [0.15, 0.2) is 5.96 Å². The number of aromatic nitrogens is 1. The van der Waals surface area contributed by atoms with Crippen LogP contribution < -0.4 is 104 Å². The first kappa shape index (κ1) is 110. The Morgan fingerprint density at radius 2 is 0.848 bits per heavy atom. The minimum absolute atomic E-state index is 0.00703. The van der Waals surface area contributed by atoms with Gasteiger partial charge in [0, 0.05) is 62.3 Å². The van der Waals surface area contributed by atoms with Gasteiger partial charge in [0.1, 0.15) is 90.0 Å². The Hall–Kier alpha value is -15.2. The molecule has 1 fully saturated rings. The summed E-state index contributed by atoms with van der Waals surface area (Å²) in [5.74, 6) is -21.3. The van der Waals surface area contributed by atoms with E-state index in [9.17, 15) is 92.7 Å². The standard InChI is InChI=1S/C93H126N22O23/c1-50(2)37-63(82(127)104-62(24-15-35-100-93(98)99)81(126)113-72(92(137)138)42-53-19-9-6-10-20-53)103-77(121)48-102-80(125)64(39-52-17-7-5-8-18-52)106-89(134)73(49-116)114-87(132)69(45-76(97)120)110-85(130)67(43-56-47-101-61-23-12-11-21-59(56)61)108-86(131)68(44-75(96)119)109-83(128)65(40-54-26-30-57(117)31-27-54)107-84(129)66(41-55-28-32-58(118)33-29-55)111-90(135)74-25-16-36-115(74)91(136)71(38-51(3)4)112-88(133)70(46-78(122)123)105-79(124)60(95)22-13-14-34-94/h5-12,17-21,23,26-33,47,50-51,60,62-74,101,116-118H,13-16,22,24-25,34-46,48-49,94-95H2,1-4H3,(H2,96,119)(H2,97,120)(H,102,125)(H,103,121)(H,104,127)(H,105,124)(H,106,134)(H,107,129)(H,108,131)(H,109,128)(H,110,130)(H,111,135)(H,112,133)(H,113,126)(H,114,132)(H,122,123)(H,137,138)(H4,98,99,100)/t60-,62-,63-,64-,65-,66-,67-,68-,69-,70-,71-,72-,73-,74-/m0/s1. The van der Waals surface area contributed by atoms with Crippen LogP contribution in [0.2, 0.25) is 0 Å². The number of unbranched alkanes of at least 4 members (excludes halogenated alkanes) is 1. The third-order valence-corrected chi connectivity index (χ3v) is 22.3. The largest absolute Gasteiger partial charge is 0.508 e. The van der Waals surface area contributed by atoms with E-state index in [1.807, 2.05) is 0 Å². The third-order valence-electron chi connectivity index (χ3n) is 22.3. The number of phenols is 2. The van der Waals surface area contributed by atoms with E-state index < -0.39 is 236 Å².